The zero-order valence-corrected chi connectivity index (χ0v) is 17.9. The number of esters is 1. The minimum absolute atomic E-state index is 0.00603. The summed E-state index contributed by atoms with van der Waals surface area (Å²) in [6.07, 6.45) is 1.83. The molecular formula is C24H23N3O5. The van der Waals surface area contributed by atoms with Gasteiger partial charge in [0.2, 0.25) is 5.78 Å². The number of furan rings is 1. The molecule has 0 radical (unpaired) electrons. The van der Waals surface area contributed by atoms with E-state index in [-0.39, 0.29) is 30.8 Å². The summed E-state index contributed by atoms with van der Waals surface area (Å²) < 4.78 is 12.5. The van der Waals surface area contributed by atoms with E-state index in [1.54, 1.807) is 36.6 Å². The van der Waals surface area contributed by atoms with E-state index in [0.29, 0.717) is 28.8 Å². The molecule has 3 aromatic heterocycles. The molecule has 1 aromatic carbocycles. The highest BCUT2D eigenvalue weighted by atomic mass is 16.5. The molecule has 0 atom stereocenters. The van der Waals surface area contributed by atoms with Crippen molar-refractivity contribution in [3.63, 3.8) is 0 Å². The van der Waals surface area contributed by atoms with Gasteiger partial charge in [0.25, 0.3) is 5.56 Å². The van der Waals surface area contributed by atoms with Gasteiger partial charge < -0.3 is 18.7 Å². The van der Waals surface area contributed by atoms with Gasteiger partial charge in [-0.2, -0.15) is 0 Å². The van der Waals surface area contributed by atoms with Crippen molar-refractivity contribution in [2.75, 3.05) is 6.61 Å². The van der Waals surface area contributed by atoms with Crippen LogP contribution < -0.4 is 5.56 Å². The van der Waals surface area contributed by atoms with E-state index in [1.165, 1.54) is 0 Å². The molecule has 8 nitrogen and oxygen atoms in total. The number of hydrogen-bond acceptors (Lipinski definition) is 6. The Hall–Kier alpha value is -3.94. The summed E-state index contributed by atoms with van der Waals surface area (Å²) in [4.78, 5) is 43.9. The van der Waals surface area contributed by atoms with Crippen LogP contribution in [0, 0.1) is 13.8 Å². The number of rotatable bonds is 8. The number of aromatic nitrogens is 3. The Morgan fingerprint density at radius 3 is 2.75 bits per heavy atom. The molecule has 0 aliphatic rings. The Balaban J connectivity index is 1.34. The number of Topliss-reactive ketones (excluding diaryl/α,β-unsaturated/α-hetero) is 1. The van der Waals surface area contributed by atoms with Crippen molar-refractivity contribution in [3.05, 3.63) is 87.6 Å². The third kappa shape index (κ3) is 4.54. The summed E-state index contributed by atoms with van der Waals surface area (Å²) in [7, 11) is 0. The molecule has 0 aliphatic heterocycles. The van der Waals surface area contributed by atoms with Crippen molar-refractivity contribution in [1.29, 1.82) is 0 Å². The number of carbonyl (C=O) groups is 2. The van der Waals surface area contributed by atoms with Crippen molar-refractivity contribution >= 4 is 22.7 Å². The van der Waals surface area contributed by atoms with Crippen LogP contribution in [0.4, 0.5) is 0 Å². The minimum atomic E-state index is -0.529. The van der Waals surface area contributed by atoms with Crippen molar-refractivity contribution in [2.24, 2.45) is 0 Å². The largest absolute Gasteiger partial charge is 0.467 e. The number of H-pyrrole nitrogens is 1. The Bertz CT molecular complexity index is 1330. The second-order valence-corrected chi connectivity index (χ2v) is 7.56. The zero-order chi connectivity index (χ0) is 22.7. The lowest BCUT2D eigenvalue weighted by Crippen LogP contribution is -2.17. The lowest BCUT2D eigenvalue weighted by atomic mass is 10.1. The molecule has 0 fully saturated rings. The van der Waals surface area contributed by atoms with Crippen LogP contribution in [0.15, 0.2) is 57.9 Å². The number of hydrogen-bond donors (Lipinski definition) is 1. The van der Waals surface area contributed by atoms with E-state index in [1.807, 2.05) is 30.5 Å². The first-order valence-corrected chi connectivity index (χ1v) is 10.3. The molecule has 1 N–H and O–H groups in total. The molecule has 4 aromatic rings. The quantitative estimate of drug-likeness (QED) is 0.337. The molecule has 164 valence electrons. The van der Waals surface area contributed by atoms with Crippen molar-refractivity contribution in [1.82, 2.24) is 14.5 Å². The molecule has 0 spiro atoms. The van der Waals surface area contributed by atoms with E-state index in [2.05, 4.69) is 9.97 Å². The van der Waals surface area contributed by atoms with Gasteiger partial charge in [0.15, 0.2) is 6.61 Å². The van der Waals surface area contributed by atoms with Gasteiger partial charge in [-0.15, -0.1) is 0 Å². The van der Waals surface area contributed by atoms with Gasteiger partial charge in [0, 0.05) is 23.4 Å². The third-order valence-corrected chi connectivity index (χ3v) is 5.36. The van der Waals surface area contributed by atoms with Gasteiger partial charge >= 0.3 is 5.97 Å². The average Bonchev–Trinajstić information content (AvgIpc) is 3.40. The first-order chi connectivity index (χ1) is 15.4. The molecule has 0 unspecified atom stereocenters. The number of nitrogens with one attached hydrogen (secondary N) is 1. The fourth-order valence-electron chi connectivity index (χ4n) is 3.65. The topological polar surface area (TPSA) is 107 Å². The number of para-hydroxylation sites is 1. The minimum Gasteiger partial charge on any atom is -0.467 e. The number of carbonyl (C=O) groups excluding carboxylic acids is 2. The molecule has 8 heteroatoms. The van der Waals surface area contributed by atoms with Crippen LogP contribution >= 0.6 is 0 Å². The second-order valence-electron chi connectivity index (χ2n) is 7.56. The first-order valence-electron chi connectivity index (χ1n) is 10.3. The van der Waals surface area contributed by atoms with Crippen LogP contribution in [-0.2, 0) is 22.5 Å². The zero-order valence-electron chi connectivity index (χ0n) is 17.9. The SMILES string of the molecule is Cc1cc(C(=O)COC(=O)CCc2nc3ccccc3c(=O)[nH]2)c(C)n1Cc1ccco1. The monoisotopic (exact) mass is 433 g/mol. The molecule has 0 bridgehead atoms. The second kappa shape index (κ2) is 9.05. The molecule has 0 aliphatic carbocycles. The first kappa shape index (κ1) is 21.3. The van der Waals surface area contributed by atoms with Crippen LogP contribution in [-0.4, -0.2) is 32.9 Å². The van der Waals surface area contributed by atoms with Crippen LogP contribution in [0.3, 0.4) is 0 Å². The van der Waals surface area contributed by atoms with Crippen LogP contribution in [0.1, 0.15) is 39.8 Å². The summed E-state index contributed by atoms with van der Waals surface area (Å²) in [5, 5.41) is 0.495. The number of ketones is 1. The average molecular weight is 433 g/mol. The number of fused-ring (bicyclic) bond motifs is 1. The Morgan fingerprint density at radius 2 is 1.97 bits per heavy atom. The number of nitrogens with zero attached hydrogens (tertiary/aromatic N) is 2. The van der Waals surface area contributed by atoms with Crippen molar-refractivity contribution in [2.45, 2.75) is 33.2 Å². The predicted molar refractivity (Wildman–Crippen MR) is 118 cm³/mol. The van der Waals surface area contributed by atoms with Gasteiger partial charge in [-0.3, -0.25) is 14.4 Å². The maximum Gasteiger partial charge on any atom is 0.306 e. The molecular weight excluding hydrogens is 410 g/mol. The van der Waals surface area contributed by atoms with E-state index >= 15 is 0 Å². The van der Waals surface area contributed by atoms with E-state index in [0.717, 1.165) is 17.1 Å². The normalized spacial score (nSPS) is 11.1. The molecule has 0 saturated heterocycles. The summed E-state index contributed by atoms with van der Waals surface area (Å²) in [6, 6.07) is 12.5. The van der Waals surface area contributed by atoms with Gasteiger partial charge in [0.05, 0.1) is 30.1 Å². The standard InChI is InChI=1S/C24H23N3O5/c1-15-12-19(16(2)27(15)13-17-6-5-11-31-17)21(28)14-32-23(29)10-9-22-25-20-8-4-3-7-18(20)24(30)26-22/h3-8,11-12H,9-10,13-14H2,1-2H3,(H,25,26,30). The van der Waals surface area contributed by atoms with Crippen LogP contribution in [0.5, 0.6) is 0 Å². The fraction of sp³-hybridized carbons (Fsp3) is 0.250. The summed E-state index contributed by atoms with van der Waals surface area (Å²) in [5.74, 6) is 0.393. The van der Waals surface area contributed by atoms with Crippen molar-refractivity contribution < 1.29 is 18.7 Å². The highest BCUT2D eigenvalue weighted by Gasteiger charge is 2.18. The van der Waals surface area contributed by atoms with Gasteiger partial charge in [-0.25, -0.2) is 4.98 Å². The van der Waals surface area contributed by atoms with E-state index < -0.39 is 5.97 Å². The van der Waals surface area contributed by atoms with Crippen LogP contribution in [0.2, 0.25) is 0 Å². The smallest absolute Gasteiger partial charge is 0.306 e. The molecule has 0 saturated carbocycles. The molecule has 4 rings (SSSR count). The maximum atomic E-state index is 12.6. The number of aryl methyl sites for hydroxylation is 2. The number of ether oxygens (including phenoxy) is 1. The molecule has 0 amide bonds. The Morgan fingerprint density at radius 1 is 1.16 bits per heavy atom. The number of aromatic amines is 1. The lowest BCUT2D eigenvalue weighted by Gasteiger charge is -2.08. The highest BCUT2D eigenvalue weighted by Crippen LogP contribution is 2.18. The maximum absolute atomic E-state index is 12.6. The number of benzene rings is 1. The molecule has 32 heavy (non-hydrogen) atoms. The summed E-state index contributed by atoms with van der Waals surface area (Å²) in [6.45, 7) is 3.95. The van der Waals surface area contributed by atoms with Gasteiger partial charge in [0.1, 0.15) is 11.6 Å². The van der Waals surface area contributed by atoms with Gasteiger partial charge in [-0.05, 0) is 44.2 Å². The fourth-order valence-corrected chi connectivity index (χ4v) is 3.65. The third-order valence-electron chi connectivity index (χ3n) is 5.36. The van der Waals surface area contributed by atoms with E-state index in [4.69, 9.17) is 9.15 Å². The van der Waals surface area contributed by atoms with E-state index in [9.17, 15) is 14.4 Å². The highest BCUT2D eigenvalue weighted by molar-refractivity contribution is 5.99. The Labute approximate surface area is 183 Å². The van der Waals surface area contributed by atoms with Crippen molar-refractivity contribution in [3.8, 4) is 0 Å². The summed E-state index contributed by atoms with van der Waals surface area (Å²) in [5.41, 5.74) is 2.54. The molecule has 3 heterocycles. The Kier molecular flexibility index (Phi) is 6.02. The van der Waals surface area contributed by atoms with Gasteiger partial charge in [-0.1, -0.05) is 12.1 Å². The predicted octanol–water partition coefficient (Wildman–Crippen LogP) is 3.34. The summed E-state index contributed by atoms with van der Waals surface area (Å²) >= 11 is 0. The van der Waals surface area contributed by atoms with Crippen LogP contribution in [0.25, 0.3) is 10.9 Å². The lowest BCUT2D eigenvalue weighted by molar-refractivity contribution is -0.142.